The van der Waals surface area contributed by atoms with Crippen LogP contribution in [0.1, 0.15) is 40.4 Å². The van der Waals surface area contributed by atoms with Crippen LogP contribution in [-0.4, -0.2) is 23.8 Å². The first-order chi connectivity index (χ1) is 11.7. The molecule has 24 heavy (non-hydrogen) atoms. The van der Waals surface area contributed by atoms with E-state index in [1.807, 2.05) is 61.7 Å². The van der Waals surface area contributed by atoms with Crippen LogP contribution in [0, 0.1) is 6.92 Å². The number of ketones is 1. The second kappa shape index (κ2) is 6.16. The van der Waals surface area contributed by atoms with E-state index in [2.05, 4.69) is 4.90 Å². The van der Waals surface area contributed by atoms with Crippen molar-refractivity contribution in [2.45, 2.75) is 25.9 Å². The Hall–Kier alpha value is -2.55. The Morgan fingerprint density at radius 3 is 2.58 bits per heavy atom. The lowest BCUT2D eigenvalue weighted by Crippen LogP contribution is -2.26. The summed E-state index contributed by atoms with van der Waals surface area (Å²) in [6, 6.07) is 15.8. The van der Waals surface area contributed by atoms with Crippen molar-refractivity contribution in [1.82, 2.24) is 4.90 Å². The largest absolute Gasteiger partial charge is 0.480 e. The summed E-state index contributed by atoms with van der Waals surface area (Å²) in [6.45, 7) is 4.03. The number of carbonyl (C=O) groups excluding carboxylic acids is 1. The van der Waals surface area contributed by atoms with E-state index in [-0.39, 0.29) is 11.9 Å². The van der Waals surface area contributed by atoms with Gasteiger partial charge in [0.2, 0.25) is 0 Å². The zero-order valence-electron chi connectivity index (χ0n) is 13.9. The molecule has 122 valence electrons. The molecule has 1 atom stereocenters. The lowest BCUT2D eigenvalue weighted by molar-refractivity contribution is 0.0956. The molecule has 3 nitrogen and oxygen atoms in total. The highest BCUT2D eigenvalue weighted by molar-refractivity contribution is 6.12. The van der Waals surface area contributed by atoms with Crippen LogP contribution in [0.2, 0.25) is 0 Å². The number of benzene rings is 2. The highest BCUT2D eigenvalue weighted by Gasteiger charge is 2.33. The Balaban J connectivity index is 1.81. The van der Waals surface area contributed by atoms with Crippen molar-refractivity contribution in [1.29, 1.82) is 0 Å². The second-order valence-corrected chi connectivity index (χ2v) is 6.56. The second-order valence-electron chi connectivity index (χ2n) is 6.56. The van der Waals surface area contributed by atoms with E-state index in [0.717, 1.165) is 29.8 Å². The Morgan fingerprint density at radius 1 is 1.08 bits per heavy atom. The number of rotatable bonds is 2. The lowest BCUT2D eigenvalue weighted by Gasteiger charge is -2.29. The van der Waals surface area contributed by atoms with Crippen LogP contribution in [0.25, 0.3) is 0 Å². The fraction of sp³-hybridized carbons (Fsp3) is 0.286. The molecule has 2 heterocycles. The molecule has 0 N–H and O–H groups in total. The molecule has 2 aromatic rings. The van der Waals surface area contributed by atoms with Crippen LogP contribution in [0.15, 0.2) is 60.3 Å². The number of aryl methyl sites for hydroxylation is 1. The molecule has 2 aliphatic heterocycles. The highest BCUT2D eigenvalue weighted by atomic mass is 16.5. The van der Waals surface area contributed by atoms with E-state index in [0.29, 0.717) is 11.3 Å². The van der Waals surface area contributed by atoms with Crippen molar-refractivity contribution in [3.8, 4) is 5.75 Å². The molecule has 3 heteroatoms. The molecule has 0 amide bonds. The maximum atomic E-state index is 13.2. The molecule has 0 aromatic heterocycles. The fourth-order valence-corrected chi connectivity index (χ4v) is 3.46. The SMILES string of the molecule is Cc1ccc2c(c1)C(=O)/C(=C/N1CCCC1)C(c1ccccc1)O2. The standard InChI is InChI=1S/C21H21NO2/c1-15-9-10-19-17(13-15)20(23)18(14-22-11-5-6-12-22)21(24-19)16-7-3-2-4-8-16/h2-4,7-10,13-14,21H,5-6,11-12H2,1H3/b18-14-. The van der Waals surface area contributed by atoms with E-state index in [1.54, 1.807) is 0 Å². The number of likely N-dealkylation sites (tertiary alicyclic amines) is 1. The van der Waals surface area contributed by atoms with Crippen LogP contribution in [-0.2, 0) is 0 Å². The molecule has 0 saturated carbocycles. The number of carbonyl (C=O) groups is 1. The Labute approximate surface area is 142 Å². The summed E-state index contributed by atoms with van der Waals surface area (Å²) < 4.78 is 6.25. The van der Waals surface area contributed by atoms with Crippen molar-refractivity contribution in [3.63, 3.8) is 0 Å². The van der Waals surface area contributed by atoms with Gasteiger partial charge in [-0.2, -0.15) is 0 Å². The third kappa shape index (κ3) is 2.71. The predicted molar refractivity (Wildman–Crippen MR) is 94.2 cm³/mol. The zero-order chi connectivity index (χ0) is 16.5. The quantitative estimate of drug-likeness (QED) is 0.773. The van der Waals surface area contributed by atoms with E-state index >= 15 is 0 Å². The molecule has 0 radical (unpaired) electrons. The van der Waals surface area contributed by atoms with Crippen LogP contribution < -0.4 is 4.74 Å². The normalized spacial score (nSPS) is 21.7. The number of Topliss-reactive ketones (excluding diaryl/α,β-unsaturated/α-hetero) is 1. The molecule has 0 aliphatic carbocycles. The molecule has 4 rings (SSSR count). The van der Waals surface area contributed by atoms with Gasteiger partial charge in [0.25, 0.3) is 0 Å². The average Bonchev–Trinajstić information content (AvgIpc) is 3.12. The van der Waals surface area contributed by atoms with E-state index < -0.39 is 0 Å². The topological polar surface area (TPSA) is 29.5 Å². The molecule has 0 spiro atoms. The minimum absolute atomic E-state index is 0.0840. The fourth-order valence-electron chi connectivity index (χ4n) is 3.46. The number of nitrogens with zero attached hydrogens (tertiary/aromatic N) is 1. The predicted octanol–water partition coefficient (Wildman–Crippen LogP) is 4.29. The Kier molecular flexibility index (Phi) is 3.85. The van der Waals surface area contributed by atoms with Crippen LogP contribution in [0.4, 0.5) is 0 Å². The van der Waals surface area contributed by atoms with Gasteiger partial charge in [-0.1, -0.05) is 42.0 Å². The van der Waals surface area contributed by atoms with Gasteiger partial charge in [0, 0.05) is 19.3 Å². The van der Waals surface area contributed by atoms with Gasteiger partial charge in [0.1, 0.15) is 5.75 Å². The first-order valence-electron chi connectivity index (χ1n) is 8.55. The number of hydrogen-bond donors (Lipinski definition) is 0. The zero-order valence-corrected chi connectivity index (χ0v) is 13.9. The van der Waals surface area contributed by atoms with Gasteiger partial charge < -0.3 is 9.64 Å². The summed E-state index contributed by atoms with van der Waals surface area (Å²) in [6.07, 6.45) is 4.06. The van der Waals surface area contributed by atoms with Gasteiger partial charge in [-0.05, 0) is 37.5 Å². The molecular weight excluding hydrogens is 298 g/mol. The molecule has 2 aromatic carbocycles. The minimum Gasteiger partial charge on any atom is -0.480 e. The number of hydrogen-bond acceptors (Lipinski definition) is 3. The van der Waals surface area contributed by atoms with Gasteiger partial charge in [-0.15, -0.1) is 0 Å². The average molecular weight is 319 g/mol. The third-order valence-corrected chi connectivity index (χ3v) is 4.73. The highest BCUT2D eigenvalue weighted by Crippen LogP contribution is 2.39. The monoisotopic (exact) mass is 319 g/mol. The van der Waals surface area contributed by atoms with Gasteiger partial charge in [-0.3, -0.25) is 4.79 Å². The molecule has 2 aliphatic rings. The number of fused-ring (bicyclic) bond motifs is 1. The Morgan fingerprint density at radius 2 is 1.83 bits per heavy atom. The first-order valence-corrected chi connectivity index (χ1v) is 8.55. The number of ether oxygens (including phenoxy) is 1. The molecule has 1 saturated heterocycles. The van der Waals surface area contributed by atoms with Gasteiger partial charge in [-0.25, -0.2) is 0 Å². The van der Waals surface area contributed by atoms with Gasteiger partial charge >= 0.3 is 0 Å². The van der Waals surface area contributed by atoms with Gasteiger partial charge in [0.05, 0.1) is 11.1 Å². The summed E-state index contributed by atoms with van der Waals surface area (Å²) in [5.41, 5.74) is 3.50. The molecular formula is C21H21NO2. The molecule has 1 fully saturated rings. The van der Waals surface area contributed by atoms with Crippen molar-refractivity contribution in [2.24, 2.45) is 0 Å². The lowest BCUT2D eigenvalue weighted by atomic mass is 9.91. The minimum atomic E-state index is -0.338. The van der Waals surface area contributed by atoms with Crippen molar-refractivity contribution >= 4 is 5.78 Å². The summed E-state index contributed by atoms with van der Waals surface area (Å²) in [7, 11) is 0. The van der Waals surface area contributed by atoms with Crippen molar-refractivity contribution in [2.75, 3.05) is 13.1 Å². The smallest absolute Gasteiger partial charge is 0.198 e. The van der Waals surface area contributed by atoms with E-state index in [1.165, 1.54) is 12.8 Å². The third-order valence-electron chi connectivity index (χ3n) is 4.73. The summed E-state index contributed by atoms with van der Waals surface area (Å²) in [5, 5.41) is 0. The van der Waals surface area contributed by atoms with Crippen LogP contribution in [0.5, 0.6) is 5.75 Å². The maximum Gasteiger partial charge on any atom is 0.198 e. The van der Waals surface area contributed by atoms with Crippen molar-refractivity contribution in [3.05, 3.63) is 77.0 Å². The summed E-state index contributed by atoms with van der Waals surface area (Å²) in [4.78, 5) is 15.4. The summed E-state index contributed by atoms with van der Waals surface area (Å²) >= 11 is 0. The van der Waals surface area contributed by atoms with E-state index in [4.69, 9.17) is 4.74 Å². The van der Waals surface area contributed by atoms with Crippen molar-refractivity contribution < 1.29 is 9.53 Å². The molecule has 0 bridgehead atoms. The maximum absolute atomic E-state index is 13.2. The first kappa shape index (κ1) is 15.0. The summed E-state index contributed by atoms with van der Waals surface area (Å²) in [5.74, 6) is 0.763. The van der Waals surface area contributed by atoms with Gasteiger partial charge in [0.15, 0.2) is 11.9 Å². The van der Waals surface area contributed by atoms with Crippen LogP contribution in [0.3, 0.4) is 0 Å². The van der Waals surface area contributed by atoms with E-state index in [9.17, 15) is 4.79 Å². The Bertz CT molecular complexity index is 789. The molecule has 1 unspecified atom stereocenters. The van der Waals surface area contributed by atoms with Crippen LogP contribution >= 0.6 is 0 Å².